The lowest BCUT2D eigenvalue weighted by molar-refractivity contribution is -0.136. The fourth-order valence-electron chi connectivity index (χ4n) is 4.12. The van der Waals surface area contributed by atoms with Crippen LogP contribution in [0.2, 0.25) is 0 Å². The minimum Gasteiger partial charge on any atom is -0.480 e. The van der Waals surface area contributed by atoms with Gasteiger partial charge in [0.25, 0.3) is 5.91 Å². The lowest BCUT2D eigenvalue weighted by Gasteiger charge is -2.30. The molecule has 2 heterocycles. The van der Waals surface area contributed by atoms with Crippen molar-refractivity contribution >= 4 is 23.3 Å². The van der Waals surface area contributed by atoms with Crippen molar-refractivity contribution in [2.75, 3.05) is 31.1 Å². The van der Waals surface area contributed by atoms with Gasteiger partial charge in [0.05, 0.1) is 11.4 Å². The molecule has 150 valence electrons. The van der Waals surface area contributed by atoms with Crippen molar-refractivity contribution in [2.45, 2.75) is 25.3 Å². The SMILES string of the molecule is O=C(O)CN1C(=O)[C@@H](CN2CCCCC2)N=C(c2ccccc2)c2ccccc21. The van der Waals surface area contributed by atoms with E-state index in [9.17, 15) is 14.7 Å². The number of fused-ring (bicyclic) bond motifs is 1. The number of hydrogen-bond acceptors (Lipinski definition) is 4. The summed E-state index contributed by atoms with van der Waals surface area (Å²) in [4.78, 5) is 33.5. The van der Waals surface area contributed by atoms with E-state index in [4.69, 9.17) is 4.99 Å². The molecule has 2 aliphatic rings. The van der Waals surface area contributed by atoms with E-state index in [-0.39, 0.29) is 12.5 Å². The quantitative estimate of drug-likeness (QED) is 0.851. The zero-order valence-corrected chi connectivity index (χ0v) is 16.3. The summed E-state index contributed by atoms with van der Waals surface area (Å²) in [7, 11) is 0. The van der Waals surface area contributed by atoms with E-state index >= 15 is 0 Å². The number of rotatable bonds is 5. The average Bonchev–Trinajstić information content (AvgIpc) is 2.86. The van der Waals surface area contributed by atoms with Crippen LogP contribution in [0.25, 0.3) is 0 Å². The summed E-state index contributed by atoms with van der Waals surface area (Å²) in [5.74, 6) is -1.29. The second kappa shape index (κ2) is 8.57. The first-order valence-corrected chi connectivity index (χ1v) is 10.1. The van der Waals surface area contributed by atoms with E-state index in [0.29, 0.717) is 12.2 Å². The van der Waals surface area contributed by atoms with Gasteiger partial charge >= 0.3 is 5.97 Å². The third-order valence-electron chi connectivity index (χ3n) is 5.51. The normalized spacial score (nSPS) is 20.0. The predicted molar refractivity (Wildman–Crippen MR) is 113 cm³/mol. The van der Waals surface area contributed by atoms with Crippen molar-refractivity contribution in [1.29, 1.82) is 0 Å². The number of nitrogens with zero attached hydrogens (tertiary/aromatic N) is 3. The Morgan fingerprint density at radius 1 is 1.00 bits per heavy atom. The van der Waals surface area contributed by atoms with Gasteiger partial charge < -0.3 is 10.0 Å². The summed E-state index contributed by atoms with van der Waals surface area (Å²) in [5, 5.41) is 9.45. The van der Waals surface area contributed by atoms with Gasteiger partial charge in [-0.15, -0.1) is 0 Å². The molecule has 6 heteroatoms. The Morgan fingerprint density at radius 2 is 1.69 bits per heavy atom. The van der Waals surface area contributed by atoms with Gasteiger partial charge in [0.15, 0.2) is 0 Å². The molecule has 6 nitrogen and oxygen atoms in total. The summed E-state index contributed by atoms with van der Waals surface area (Å²) in [6.07, 6.45) is 3.45. The number of carboxylic acid groups (broad SMARTS) is 1. The maximum Gasteiger partial charge on any atom is 0.323 e. The Labute approximate surface area is 170 Å². The fraction of sp³-hybridized carbons (Fsp3) is 0.348. The minimum absolute atomic E-state index is 0.253. The molecule has 1 fully saturated rings. The number of benzodiazepines with no additional fused rings is 1. The van der Waals surface area contributed by atoms with Gasteiger partial charge in [0.1, 0.15) is 12.6 Å². The number of amides is 1. The molecule has 2 aromatic carbocycles. The van der Waals surface area contributed by atoms with Crippen LogP contribution in [0.15, 0.2) is 59.6 Å². The molecule has 1 atom stereocenters. The van der Waals surface area contributed by atoms with Crippen molar-refractivity contribution in [3.05, 3.63) is 65.7 Å². The minimum atomic E-state index is -1.03. The molecule has 1 N–H and O–H groups in total. The van der Waals surface area contributed by atoms with Gasteiger partial charge in [-0.3, -0.25) is 19.5 Å². The van der Waals surface area contributed by atoms with Crippen LogP contribution in [0.4, 0.5) is 5.69 Å². The lowest BCUT2D eigenvalue weighted by atomic mass is 10.0. The molecule has 1 saturated heterocycles. The first kappa shape index (κ1) is 19.3. The number of carbonyl (C=O) groups is 2. The van der Waals surface area contributed by atoms with Crippen molar-refractivity contribution in [2.24, 2.45) is 4.99 Å². The number of benzene rings is 2. The monoisotopic (exact) mass is 391 g/mol. The third kappa shape index (κ3) is 4.22. The van der Waals surface area contributed by atoms with Gasteiger partial charge in [-0.2, -0.15) is 0 Å². The Kier molecular flexibility index (Phi) is 5.71. The number of para-hydroxylation sites is 1. The highest BCUT2D eigenvalue weighted by Gasteiger charge is 2.34. The first-order chi connectivity index (χ1) is 14.1. The van der Waals surface area contributed by atoms with E-state index in [0.717, 1.165) is 42.8 Å². The maximum atomic E-state index is 13.4. The van der Waals surface area contributed by atoms with Crippen molar-refractivity contribution < 1.29 is 14.7 Å². The zero-order valence-electron chi connectivity index (χ0n) is 16.3. The maximum absolute atomic E-state index is 13.4. The van der Waals surface area contributed by atoms with Crippen LogP contribution in [0.5, 0.6) is 0 Å². The largest absolute Gasteiger partial charge is 0.480 e. The smallest absolute Gasteiger partial charge is 0.323 e. The standard InChI is InChI=1S/C23H25N3O3/c27-21(28)16-26-20-12-6-5-11-18(20)22(17-9-3-1-4-10-17)24-19(23(26)29)15-25-13-7-2-8-14-25/h1,3-6,9-12,19H,2,7-8,13-16H2,(H,27,28)/t19-/m1/s1. The van der Waals surface area contributed by atoms with Crippen LogP contribution >= 0.6 is 0 Å². The zero-order chi connectivity index (χ0) is 20.2. The third-order valence-corrected chi connectivity index (χ3v) is 5.51. The summed E-state index contributed by atoms with van der Waals surface area (Å²) >= 11 is 0. The van der Waals surface area contributed by atoms with Crippen LogP contribution in [-0.4, -0.2) is 59.8 Å². The summed E-state index contributed by atoms with van der Waals surface area (Å²) < 4.78 is 0. The molecule has 0 aromatic heterocycles. The summed E-state index contributed by atoms with van der Waals surface area (Å²) in [6.45, 7) is 2.04. The highest BCUT2D eigenvalue weighted by Crippen LogP contribution is 2.29. The van der Waals surface area contributed by atoms with Crippen LogP contribution in [0, 0.1) is 0 Å². The molecule has 2 aromatic rings. The molecule has 0 radical (unpaired) electrons. The number of anilines is 1. The topological polar surface area (TPSA) is 73.2 Å². The second-order valence-corrected chi connectivity index (χ2v) is 7.56. The molecule has 0 spiro atoms. The van der Waals surface area contributed by atoms with Crippen LogP contribution < -0.4 is 4.90 Å². The molecule has 2 aliphatic heterocycles. The van der Waals surface area contributed by atoms with Gasteiger partial charge in [0.2, 0.25) is 0 Å². The molecule has 0 unspecified atom stereocenters. The molecule has 0 bridgehead atoms. The van der Waals surface area contributed by atoms with Crippen molar-refractivity contribution in [1.82, 2.24) is 4.90 Å². The van der Waals surface area contributed by atoms with E-state index < -0.39 is 12.0 Å². The lowest BCUT2D eigenvalue weighted by Crippen LogP contribution is -2.46. The molecule has 0 saturated carbocycles. The molecular weight excluding hydrogens is 366 g/mol. The molecule has 29 heavy (non-hydrogen) atoms. The van der Waals surface area contributed by atoms with Crippen molar-refractivity contribution in [3.8, 4) is 0 Å². The van der Waals surface area contributed by atoms with Gasteiger partial charge in [-0.1, -0.05) is 55.0 Å². The summed E-state index contributed by atoms with van der Waals surface area (Å²) in [5.41, 5.74) is 3.05. The highest BCUT2D eigenvalue weighted by molar-refractivity contribution is 6.20. The van der Waals surface area contributed by atoms with Crippen molar-refractivity contribution in [3.63, 3.8) is 0 Å². The fourth-order valence-corrected chi connectivity index (χ4v) is 4.12. The van der Waals surface area contributed by atoms with Crippen LogP contribution in [0.3, 0.4) is 0 Å². The van der Waals surface area contributed by atoms with E-state index in [1.54, 1.807) is 6.07 Å². The molecule has 1 amide bonds. The number of likely N-dealkylation sites (tertiary alicyclic amines) is 1. The van der Waals surface area contributed by atoms with Gasteiger partial charge in [-0.05, 0) is 32.0 Å². The van der Waals surface area contributed by atoms with E-state index in [1.807, 2.05) is 48.5 Å². The number of hydrogen-bond donors (Lipinski definition) is 1. The number of carboxylic acids is 1. The van der Waals surface area contributed by atoms with E-state index in [1.165, 1.54) is 11.3 Å². The molecular formula is C23H25N3O3. The first-order valence-electron chi connectivity index (χ1n) is 10.1. The Bertz CT molecular complexity index is 920. The number of aliphatic carboxylic acids is 1. The van der Waals surface area contributed by atoms with Gasteiger partial charge in [0, 0.05) is 17.7 Å². The predicted octanol–water partition coefficient (Wildman–Crippen LogP) is 2.81. The Morgan fingerprint density at radius 3 is 2.41 bits per heavy atom. The number of piperidine rings is 1. The number of aliphatic imine (C=N–C) groups is 1. The van der Waals surface area contributed by atoms with E-state index in [2.05, 4.69) is 4.90 Å². The average molecular weight is 391 g/mol. The molecule has 4 rings (SSSR count). The molecule has 0 aliphatic carbocycles. The van der Waals surface area contributed by atoms with Gasteiger partial charge in [-0.25, -0.2) is 0 Å². The summed E-state index contributed by atoms with van der Waals surface area (Å²) in [6, 6.07) is 16.6. The Balaban J connectivity index is 1.80. The second-order valence-electron chi connectivity index (χ2n) is 7.56. The van der Waals surface area contributed by atoms with Crippen LogP contribution in [-0.2, 0) is 9.59 Å². The highest BCUT2D eigenvalue weighted by atomic mass is 16.4. The van der Waals surface area contributed by atoms with Crippen LogP contribution in [0.1, 0.15) is 30.4 Å². The Hall–Kier alpha value is -2.99. The number of carbonyl (C=O) groups excluding carboxylic acids is 1.